The van der Waals surface area contributed by atoms with Crippen molar-refractivity contribution in [3.05, 3.63) is 29.6 Å². The summed E-state index contributed by atoms with van der Waals surface area (Å²) in [5.74, 6) is 0. The van der Waals surface area contributed by atoms with Crippen LogP contribution in [0.25, 0.3) is 0 Å². The van der Waals surface area contributed by atoms with Crippen LogP contribution in [0.1, 0.15) is 25.2 Å². The molecule has 0 aliphatic heterocycles. The summed E-state index contributed by atoms with van der Waals surface area (Å²) in [6.45, 7) is 6.03. The Morgan fingerprint density at radius 3 is 2.53 bits per heavy atom. The maximum absolute atomic E-state index is 4.58. The second kappa shape index (κ2) is 5.83. The molecule has 0 amide bonds. The van der Waals surface area contributed by atoms with E-state index in [4.69, 9.17) is 0 Å². The molecule has 0 aliphatic carbocycles. The van der Waals surface area contributed by atoms with E-state index in [9.17, 15) is 0 Å². The molecule has 0 saturated carbocycles. The molecule has 1 rings (SSSR count). The van der Waals surface area contributed by atoms with Crippen LogP contribution in [-0.4, -0.2) is 30.0 Å². The fourth-order valence-corrected chi connectivity index (χ4v) is 1.35. The number of rotatable bonds is 5. The van der Waals surface area contributed by atoms with E-state index in [0.29, 0.717) is 6.04 Å². The van der Waals surface area contributed by atoms with E-state index in [1.807, 2.05) is 0 Å². The minimum atomic E-state index is 0.504. The molecule has 0 radical (unpaired) electrons. The lowest BCUT2D eigenvalue weighted by Gasteiger charge is -2.11. The molecule has 15 heavy (non-hydrogen) atoms. The van der Waals surface area contributed by atoms with Crippen LogP contribution >= 0.6 is 0 Å². The van der Waals surface area contributed by atoms with Crippen LogP contribution in [0.15, 0.2) is 18.2 Å². The van der Waals surface area contributed by atoms with Crippen molar-refractivity contribution in [1.82, 2.24) is 15.2 Å². The van der Waals surface area contributed by atoms with Gasteiger partial charge in [-0.3, -0.25) is 4.98 Å². The Bertz CT molecular complexity index is 295. The highest BCUT2D eigenvalue weighted by Crippen LogP contribution is 2.01. The van der Waals surface area contributed by atoms with Crippen molar-refractivity contribution in [2.75, 3.05) is 14.1 Å². The Hall–Kier alpha value is -0.930. The van der Waals surface area contributed by atoms with Gasteiger partial charge in [-0.2, -0.15) is 0 Å². The standard InChI is InChI=1S/C12H21N3/c1-10(2)13-8-11-6-5-7-12(14-11)9-15(3)4/h5-7,10,13H,8-9H2,1-4H3. The highest BCUT2D eigenvalue weighted by atomic mass is 15.1. The average molecular weight is 207 g/mol. The Labute approximate surface area is 92.5 Å². The average Bonchev–Trinajstić information content (AvgIpc) is 2.14. The molecule has 3 heteroatoms. The van der Waals surface area contributed by atoms with Crippen LogP contribution in [-0.2, 0) is 13.1 Å². The first-order valence-corrected chi connectivity index (χ1v) is 5.41. The highest BCUT2D eigenvalue weighted by Gasteiger charge is 2.00. The fourth-order valence-electron chi connectivity index (χ4n) is 1.35. The maximum Gasteiger partial charge on any atom is 0.0547 e. The SMILES string of the molecule is CC(C)NCc1cccc(CN(C)C)n1. The van der Waals surface area contributed by atoms with Gasteiger partial charge in [0.15, 0.2) is 0 Å². The Balaban J connectivity index is 2.57. The zero-order valence-electron chi connectivity index (χ0n) is 10.1. The normalized spacial score (nSPS) is 11.3. The summed E-state index contributed by atoms with van der Waals surface area (Å²) in [4.78, 5) is 6.71. The quantitative estimate of drug-likeness (QED) is 0.795. The van der Waals surface area contributed by atoms with Gasteiger partial charge in [0.05, 0.1) is 11.4 Å². The second-order valence-electron chi connectivity index (χ2n) is 4.39. The summed E-state index contributed by atoms with van der Waals surface area (Å²) < 4.78 is 0. The van der Waals surface area contributed by atoms with Gasteiger partial charge in [0, 0.05) is 19.1 Å². The summed E-state index contributed by atoms with van der Waals surface area (Å²) >= 11 is 0. The van der Waals surface area contributed by atoms with Gasteiger partial charge in [0.1, 0.15) is 0 Å². The van der Waals surface area contributed by atoms with E-state index in [-0.39, 0.29) is 0 Å². The van der Waals surface area contributed by atoms with Gasteiger partial charge in [-0.15, -0.1) is 0 Å². The lowest BCUT2D eigenvalue weighted by molar-refractivity contribution is 0.396. The molecule has 0 atom stereocenters. The van der Waals surface area contributed by atoms with Crippen molar-refractivity contribution in [3.63, 3.8) is 0 Å². The smallest absolute Gasteiger partial charge is 0.0547 e. The van der Waals surface area contributed by atoms with Crippen molar-refractivity contribution in [2.45, 2.75) is 33.0 Å². The predicted octanol–water partition coefficient (Wildman–Crippen LogP) is 1.64. The second-order valence-corrected chi connectivity index (χ2v) is 4.39. The molecular weight excluding hydrogens is 186 g/mol. The molecule has 3 nitrogen and oxygen atoms in total. The van der Waals surface area contributed by atoms with Gasteiger partial charge in [-0.05, 0) is 26.2 Å². The lowest BCUT2D eigenvalue weighted by Crippen LogP contribution is -2.22. The molecule has 84 valence electrons. The third kappa shape index (κ3) is 4.91. The minimum absolute atomic E-state index is 0.504. The van der Waals surface area contributed by atoms with E-state index >= 15 is 0 Å². The van der Waals surface area contributed by atoms with Crippen LogP contribution < -0.4 is 5.32 Å². The fraction of sp³-hybridized carbons (Fsp3) is 0.583. The Morgan fingerprint density at radius 1 is 1.27 bits per heavy atom. The molecule has 0 bridgehead atoms. The van der Waals surface area contributed by atoms with Crippen LogP contribution in [0.2, 0.25) is 0 Å². The van der Waals surface area contributed by atoms with Crippen LogP contribution in [0, 0.1) is 0 Å². The lowest BCUT2D eigenvalue weighted by atomic mass is 10.2. The zero-order valence-corrected chi connectivity index (χ0v) is 10.1. The van der Waals surface area contributed by atoms with Gasteiger partial charge >= 0.3 is 0 Å². The molecule has 1 aromatic heterocycles. The van der Waals surface area contributed by atoms with Crippen molar-refractivity contribution >= 4 is 0 Å². The van der Waals surface area contributed by atoms with E-state index in [1.54, 1.807) is 0 Å². The maximum atomic E-state index is 4.58. The van der Waals surface area contributed by atoms with Gasteiger partial charge in [0.25, 0.3) is 0 Å². The van der Waals surface area contributed by atoms with Crippen molar-refractivity contribution in [1.29, 1.82) is 0 Å². The summed E-state index contributed by atoms with van der Waals surface area (Å²) in [6.07, 6.45) is 0. The summed E-state index contributed by atoms with van der Waals surface area (Å²) in [6, 6.07) is 6.71. The van der Waals surface area contributed by atoms with Crippen molar-refractivity contribution in [2.24, 2.45) is 0 Å². The first-order chi connectivity index (χ1) is 7.08. The molecule has 1 N–H and O–H groups in total. The molecule has 0 fully saturated rings. The summed E-state index contributed by atoms with van der Waals surface area (Å²) in [5.41, 5.74) is 2.24. The third-order valence-corrected chi connectivity index (χ3v) is 2.03. The molecule has 0 spiro atoms. The highest BCUT2D eigenvalue weighted by molar-refractivity contribution is 5.11. The molecule has 1 heterocycles. The molecular formula is C12H21N3. The minimum Gasteiger partial charge on any atom is -0.309 e. The van der Waals surface area contributed by atoms with E-state index in [1.165, 1.54) is 0 Å². The molecule has 0 saturated heterocycles. The van der Waals surface area contributed by atoms with E-state index in [0.717, 1.165) is 24.5 Å². The number of hydrogen-bond donors (Lipinski definition) is 1. The van der Waals surface area contributed by atoms with Gasteiger partial charge in [0.2, 0.25) is 0 Å². The van der Waals surface area contributed by atoms with E-state index < -0.39 is 0 Å². The van der Waals surface area contributed by atoms with Crippen molar-refractivity contribution < 1.29 is 0 Å². The Morgan fingerprint density at radius 2 is 1.93 bits per heavy atom. The van der Waals surface area contributed by atoms with Crippen LogP contribution in [0.3, 0.4) is 0 Å². The first kappa shape index (κ1) is 12.1. The molecule has 0 aliphatic rings. The first-order valence-electron chi connectivity index (χ1n) is 5.41. The molecule has 1 aromatic rings. The van der Waals surface area contributed by atoms with Gasteiger partial charge in [-0.25, -0.2) is 0 Å². The number of nitrogens with zero attached hydrogens (tertiary/aromatic N) is 2. The largest absolute Gasteiger partial charge is 0.309 e. The predicted molar refractivity (Wildman–Crippen MR) is 63.6 cm³/mol. The molecule has 0 unspecified atom stereocenters. The summed E-state index contributed by atoms with van der Waals surface area (Å²) in [7, 11) is 4.11. The topological polar surface area (TPSA) is 28.2 Å². The van der Waals surface area contributed by atoms with Gasteiger partial charge < -0.3 is 10.2 Å². The third-order valence-electron chi connectivity index (χ3n) is 2.03. The van der Waals surface area contributed by atoms with Gasteiger partial charge in [-0.1, -0.05) is 19.9 Å². The number of pyridine rings is 1. The van der Waals surface area contributed by atoms with Crippen molar-refractivity contribution in [3.8, 4) is 0 Å². The number of hydrogen-bond acceptors (Lipinski definition) is 3. The number of aromatic nitrogens is 1. The van der Waals surface area contributed by atoms with E-state index in [2.05, 4.69) is 61.3 Å². The number of nitrogens with one attached hydrogen (secondary N) is 1. The van der Waals surface area contributed by atoms with Crippen LogP contribution in [0.5, 0.6) is 0 Å². The zero-order chi connectivity index (χ0) is 11.3. The van der Waals surface area contributed by atoms with Crippen LogP contribution in [0.4, 0.5) is 0 Å². The molecule has 0 aromatic carbocycles. The summed E-state index contributed by atoms with van der Waals surface area (Å²) in [5, 5.41) is 3.37. The Kier molecular flexibility index (Phi) is 4.72. The monoisotopic (exact) mass is 207 g/mol.